The first-order valence-corrected chi connectivity index (χ1v) is 9.76. The van der Waals surface area contributed by atoms with Gasteiger partial charge in [-0.25, -0.2) is 0 Å². The minimum Gasteiger partial charge on any atom is -0.492 e. The van der Waals surface area contributed by atoms with E-state index in [2.05, 4.69) is 37.2 Å². The number of nitrogens with one attached hydrogen (secondary N) is 1. The maximum absolute atomic E-state index is 12.9. The molecule has 2 aliphatic heterocycles. The number of benzene rings is 1. The van der Waals surface area contributed by atoms with Crippen molar-refractivity contribution in [2.24, 2.45) is 5.41 Å². The van der Waals surface area contributed by atoms with E-state index in [0.29, 0.717) is 18.6 Å². The molecule has 2 fully saturated rings. The molecule has 5 nitrogen and oxygen atoms in total. The van der Waals surface area contributed by atoms with Crippen LogP contribution in [0.2, 0.25) is 0 Å². The number of likely N-dealkylation sites (N-methyl/N-ethyl adjacent to an activating group) is 2. The lowest BCUT2D eigenvalue weighted by Gasteiger charge is -2.33. The molecule has 0 aromatic heterocycles. The molecule has 5 heteroatoms. The molecule has 0 saturated carbocycles. The fourth-order valence-corrected chi connectivity index (χ4v) is 4.55. The first kappa shape index (κ1) is 19.2. The highest BCUT2D eigenvalue weighted by atomic mass is 16.5. The summed E-state index contributed by atoms with van der Waals surface area (Å²) in [6.45, 7) is 8.48. The second-order valence-electron chi connectivity index (χ2n) is 8.32. The van der Waals surface area contributed by atoms with E-state index < -0.39 is 0 Å². The van der Waals surface area contributed by atoms with Crippen molar-refractivity contribution in [1.82, 2.24) is 15.1 Å². The van der Waals surface area contributed by atoms with Crippen LogP contribution in [0, 0.1) is 19.3 Å². The quantitative estimate of drug-likeness (QED) is 0.876. The molecule has 0 radical (unpaired) electrons. The number of ether oxygens (including phenoxy) is 1. The molecular formula is C21H33N3O2. The van der Waals surface area contributed by atoms with Crippen molar-refractivity contribution in [3.63, 3.8) is 0 Å². The monoisotopic (exact) mass is 359 g/mol. The summed E-state index contributed by atoms with van der Waals surface area (Å²) in [6, 6.07) is 6.23. The van der Waals surface area contributed by atoms with Crippen molar-refractivity contribution in [2.75, 3.05) is 46.9 Å². The summed E-state index contributed by atoms with van der Waals surface area (Å²) >= 11 is 0. The largest absolute Gasteiger partial charge is 0.492 e. The van der Waals surface area contributed by atoms with Crippen molar-refractivity contribution in [3.05, 3.63) is 29.3 Å². The maximum Gasteiger partial charge on any atom is 0.239 e. The normalized spacial score (nSPS) is 22.5. The highest BCUT2D eigenvalue weighted by molar-refractivity contribution is 5.82. The summed E-state index contributed by atoms with van der Waals surface area (Å²) in [5, 5.41) is 3.44. The predicted octanol–water partition coefficient (Wildman–Crippen LogP) is 2.21. The SMILES string of the molecule is Cc1cc(C)cc(OCCN(C)C(=O)[C@H]2CC3(CCNCC3)CN2C)c1. The second kappa shape index (κ2) is 7.97. The van der Waals surface area contributed by atoms with Crippen LogP contribution in [0.5, 0.6) is 5.75 Å². The zero-order chi connectivity index (χ0) is 18.7. The van der Waals surface area contributed by atoms with Gasteiger partial charge in [0.1, 0.15) is 12.4 Å². The lowest BCUT2D eigenvalue weighted by molar-refractivity contribution is -0.134. The fourth-order valence-electron chi connectivity index (χ4n) is 4.55. The summed E-state index contributed by atoms with van der Waals surface area (Å²) in [5.41, 5.74) is 2.73. The van der Waals surface area contributed by atoms with Crippen LogP contribution >= 0.6 is 0 Å². The average Bonchev–Trinajstić information content (AvgIpc) is 2.89. The second-order valence-corrected chi connectivity index (χ2v) is 8.32. The molecule has 1 spiro atoms. The van der Waals surface area contributed by atoms with Crippen LogP contribution in [0.15, 0.2) is 18.2 Å². The van der Waals surface area contributed by atoms with Crippen LogP contribution in [-0.4, -0.2) is 68.6 Å². The lowest BCUT2D eigenvalue weighted by atomic mass is 9.77. The summed E-state index contributed by atoms with van der Waals surface area (Å²) < 4.78 is 5.87. The Bertz CT molecular complexity index is 620. The molecule has 1 aromatic rings. The van der Waals surface area contributed by atoms with Gasteiger partial charge in [-0.15, -0.1) is 0 Å². The number of rotatable bonds is 5. The smallest absolute Gasteiger partial charge is 0.239 e. The summed E-state index contributed by atoms with van der Waals surface area (Å²) in [6.07, 6.45) is 3.35. The highest BCUT2D eigenvalue weighted by Gasteiger charge is 2.46. The number of nitrogens with zero attached hydrogens (tertiary/aromatic N) is 2. The Morgan fingerprint density at radius 2 is 1.92 bits per heavy atom. The van der Waals surface area contributed by atoms with Gasteiger partial charge in [-0.1, -0.05) is 6.07 Å². The van der Waals surface area contributed by atoms with Crippen LogP contribution in [0.25, 0.3) is 0 Å². The number of carbonyl (C=O) groups is 1. The minimum absolute atomic E-state index is 0.0133. The third kappa shape index (κ3) is 4.38. The van der Waals surface area contributed by atoms with Crippen LogP contribution in [0.4, 0.5) is 0 Å². The summed E-state index contributed by atoms with van der Waals surface area (Å²) in [7, 11) is 3.99. The van der Waals surface area contributed by atoms with Crippen LogP contribution in [0.1, 0.15) is 30.4 Å². The van der Waals surface area contributed by atoms with Gasteiger partial charge in [0.2, 0.25) is 5.91 Å². The van der Waals surface area contributed by atoms with E-state index in [1.807, 2.05) is 24.1 Å². The van der Waals surface area contributed by atoms with Crippen LogP contribution in [0.3, 0.4) is 0 Å². The van der Waals surface area contributed by atoms with Crippen LogP contribution in [-0.2, 0) is 4.79 Å². The third-order valence-corrected chi connectivity index (χ3v) is 5.96. The summed E-state index contributed by atoms with van der Waals surface area (Å²) in [4.78, 5) is 17.0. The fraction of sp³-hybridized carbons (Fsp3) is 0.667. The van der Waals surface area contributed by atoms with Gasteiger partial charge in [-0.3, -0.25) is 9.69 Å². The molecule has 1 N–H and O–H groups in total. The van der Waals surface area contributed by atoms with E-state index in [0.717, 1.165) is 31.8 Å². The van der Waals surface area contributed by atoms with Gasteiger partial charge in [-0.2, -0.15) is 0 Å². The average molecular weight is 360 g/mol. The number of hydrogen-bond donors (Lipinski definition) is 1. The zero-order valence-electron chi connectivity index (χ0n) is 16.7. The van der Waals surface area contributed by atoms with Crippen molar-refractivity contribution < 1.29 is 9.53 Å². The number of hydrogen-bond acceptors (Lipinski definition) is 4. The molecular weight excluding hydrogens is 326 g/mol. The first-order valence-electron chi connectivity index (χ1n) is 9.76. The van der Waals surface area contributed by atoms with Crippen molar-refractivity contribution in [1.29, 1.82) is 0 Å². The number of carbonyl (C=O) groups excluding carboxylic acids is 1. The maximum atomic E-state index is 12.9. The third-order valence-electron chi connectivity index (χ3n) is 5.96. The van der Waals surface area contributed by atoms with E-state index in [4.69, 9.17) is 4.74 Å². The predicted molar refractivity (Wildman–Crippen MR) is 105 cm³/mol. The Morgan fingerprint density at radius 3 is 2.58 bits per heavy atom. The standard InChI is InChI=1S/C21H33N3O2/c1-16-11-17(2)13-18(12-16)26-10-9-23(3)20(25)19-14-21(15-24(19)4)5-7-22-8-6-21/h11-13,19,22H,5-10,14-15H2,1-4H3/t19-/m1/s1. The van der Waals surface area contributed by atoms with Gasteiger partial charge in [0.25, 0.3) is 0 Å². The van der Waals surface area contributed by atoms with Gasteiger partial charge in [0.15, 0.2) is 0 Å². The summed E-state index contributed by atoms with van der Waals surface area (Å²) in [5.74, 6) is 1.11. The molecule has 1 atom stereocenters. The first-order chi connectivity index (χ1) is 12.4. The highest BCUT2D eigenvalue weighted by Crippen LogP contribution is 2.41. The Labute approximate surface area is 157 Å². The molecule has 0 unspecified atom stereocenters. The van der Waals surface area contributed by atoms with Gasteiger partial charge >= 0.3 is 0 Å². The number of piperidine rings is 1. The van der Waals surface area contributed by atoms with Gasteiger partial charge in [0.05, 0.1) is 12.6 Å². The lowest BCUT2D eigenvalue weighted by Crippen LogP contribution is -2.43. The Hall–Kier alpha value is -1.59. The van der Waals surface area contributed by atoms with E-state index in [-0.39, 0.29) is 11.9 Å². The topological polar surface area (TPSA) is 44.8 Å². The molecule has 2 heterocycles. The van der Waals surface area contributed by atoms with Gasteiger partial charge < -0.3 is 15.0 Å². The van der Waals surface area contributed by atoms with E-state index in [1.165, 1.54) is 24.0 Å². The molecule has 2 saturated heterocycles. The number of likely N-dealkylation sites (tertiary alicyclic amines) is 1. The van der Waals surface area contributed by atoms with Crippen molar-refractivity contribution in [3.8, 4) is 5.75 Å². The molecule has 0 aliphatic carbocycles. The number of aryl methyl sites for hydroxylation is 2. The Morgan fingerprint density at radius 1 is 1.27 bits per heavy atom. The minimum atomic E-state index is 0.0133. The molecule has 0 bridgehead atoms. The molecule has 2 aliphatic rings. The molecule has 26 heavy (non-hydrogen) atoms. The van der Waals surface area contributed by atoms with E-state index in [1.54, 1.807) is 0 Å². The molecule has 1 aromatic carbocycles. The van der Waals surface area contributed by atoms with Crippen LogP contribution < -0.4 is 10.1 Å². The molecule has 1 amide bonds. The van der Waals surface area contributed by atoms with Crippen molar-refractivity contribution >= 4 is 5.91 Å². The van der Waals surface area contributed by atoms with E-state index in [9.17, 15) is 4.79 Å². The number of amides is 1. The van der Waals surface area contributed by atoms with Gasteiger partial charge in [0, 0.05) is 13.6 Å². The zero-order valence-corrected chi connectivity index (χ0v) is 16.7. The molecule has 144 valence electrons. The Kier molecular flexibility index (Phi) is 5.88. The molecule has 3 rings (SSSR count). The Balaban J connectivity index is 1.51. The van der Waals surface area contributed by atoms with Gasteiger partial charge in [-0.05, 0) is 81.9 Å². The van der Waals surface area contributed by atoms with Crippen molar-refractivity contribution in [2.45, 2.75) is 39.2 Å². The van der Waals surface area contributed by atoms with E-state index >= 15 is 0 Å².